The third kappa shape index (κ3) is 3.41. The van der Waals surface area contributed by atoms with Crippen molar-refractivity contribution in [2.75, 3.05) is 13.3 Å². The molecule has 1 aromatic rings. The molecule has 3 nitrogen and oxygen atoms in total. The normalized spacial score (nSPS) is 15.2. The van der Waals surface area contributed by atoms with E-state index >= 15 is 0 Å². The maximum atomic E-state index is 12.0. The molecule has 0 aliphatic heterocycles. The molecule has 0 spiro atoms. The van der Waals surface area contributed by atoms with Crippen molar-refractivity contribution in [3.63, 3.8) is 0 Å². The molecular formula is C16H27NO2S. The fourth-order valence-electron chi connectivity index (χ4n) is 2.31. The average molecular weight is 297 g/mol. The van der Waals surface area contributed by atoms with Gasteiger partial charge in [0.25, 0.3) is 0 Å². The molecule has 0 saturated carbocycles. The largest absolute Gasteiger partial charge is 0.312 e. The Bertz CT molecular complexity index is 551. The highest BCUT2D eigenvalue weighted by molar-refractivity contribution is 7.92. The minimum atomic E-state index is -3.16. The van der Waals surface area contributed by atoms with Crippen LogP contribution >= 0.6 is 0 Å². The summed E-state index contributed by atoms with van der Waals surface area (Å²) in [6.45, 7) is 10.0. The summed E-state index contributed by atoms with van der Waals surface area (Å²) < 4.78 is 23.2. The Morgan fingerprint density at radius 1 is 1.00 bits per heavy atom. The zero-order valence-electron chi connectivity index (χ0n) is 13.6. The van der Waals surface area contributed by atoms with Gasteiger partial charge in [-0.25, -0.2) is 8.42 Å². The van der Waals surface area contributed by atoms with E-state index in [-0.39, 0.29) is 11.5 Å². The number of hydrogen-bond acceptors (Lipinski definition) is 3. The first kappa shape index (κ1) is 17.2. The molecule has 1 unspecified atom stereocenters. The first-order chi connectivity index (χ1) is 8.91. The highest BCUT2D eigenvalue weighted by Crippen LogP contribution is 2.33. The van der Waals surface area contributed by atoms with Crippen molar-refractivity contribution in [1.82, 2.24) is 5.32 Å². The molecule has 1 N–H and O–H groups in total. The molecule has 0 aliphatic rings. The molecule has 4 heteroatoms. The molecule has 0 saturated heterocycles. The van der Waals surface area contributed by atoms with Crippen LogP contribution in [0.25, 0.3) is 0 Å². The molecule has 1 aromatic carbocycles. The fourth-order valence-corrected chi connectivity index (χ4v) is 2.99. The quantitative estimate of drug-likeness (QED) is 0.929. The van der Waals surface area contributed by atoms with Crippen LogP contribution in [-0.4, -0.2) is 26.5 Å². The smallest absolute Gasteiger partial charge is 0.154 e. The SMILES string of the molecule is CNC(c1ccc(C(C)(C)C)cc1)C(C)(C)S(C)(=O)=O. The molecule has 0 fully saturated rings. The molecule has 0 aromatic heterocycles. The third-order valence-corrected chi connectivity index (χ3v) is 6.20. The highest BCUT2D eigenvalue weighted by Gasteiger charge is 2.39. The van der Waals surface area contributed by atoms with Gasteiger partial charge >= 0.3 is 0 Å². The van der Waals surface area contributed by atoms with E-state index in [4.69, 9.17) is 0 Å². The maximum Gasteiger partial charge on any atom is 0.154 e. The maximum absolute atomic E-state index is 12.0. The fraction of sp³-hybridized carbons (Fsp3) is 0.625. The summed E-state index contributed by atoms with van der Waals surface area (Å²) in [5.41, 5.74) is 2.34. The van der Waals surface area contributed by atoms with Crippen LogP contribution in [0.2, 0.25) is 0 Å². The second kappa shape index (κ2) is 5.49. The van der Waals surface area contributed by atoms with E-state index in [2.05, 4.69) is 38.2 Å². The topological polar surface area (TPSA) is 46.2 Å². The third-order valence-electron chi connectivity index (χ3n) is 4.05. The summed E-state index contributed by atoms with van der Waals surface area (Å²) in [7, 11) is -1.36. The van der Waals surface area contributed by atoms with Crippen LogP contribution in [0.15, 0.2) is 24.3 Å². The Balaban J connectivity index is 3.22. The lowest BCUT2D eigenvalue weighted by atomic mass is 9.85. The molecule has 1 rings (SSSR count). The van der Waals surface area contributed by atoms with Crippen molar-refractivity contribution in [2.24, 2.45) is 0 Å². The molecule has 20 heavy (non-hydrogen) atoms. The van der Waals surface area contributed by atoms with E-state index in [0.717, 1.165) is 5.56 Å². The van der Waals surface area contributed by atoms with E-state index in [1.165, 1.54) is 11.8 Å². The van der Waals surface area contributed by atoms with E-state index in [1.807, 2.05) is 12.1 Å². The van der Waals surface area contributed by atoms with E-state index in [0.29, 0.717) is 0 Å². The molecule has 114 valence electrons. The van der Waals surface area contributed by atoms with Crippen molar-refractivity contribution in [1.29, 1.82) is 0 Å². The van der Waals surface area contributed by atoms with Crippen LogP contribution in [-0.2, 0) is 15.3 Å². The predicted molar refractivity (Wildman–Crippen MR) is 85.9 cm³/mol. The van der Waals surface area contributed by atoms with Gasteiger partial charge in [0.2, 0.25) is 0 Å². The Kier molecular flexibility index (Phi) is 4.72. The van der Waals surface area contributed by atoms with Crippen LogP contribution in [0.4, 0.5) is 0 Å². The molecule has 0 aliphatic carbocycles. The lowest BCUT2D eigenvalue weighted by Gasteiger charge is -2.33. The standard InChI is InChI=1S/C16H27NO2S/c1-15(2,3)13-10-8-12(9-11-13)14(17-6)16(4,5)20(7,18)19/h8-11,14,17H,1-7H3. The molecule has 0 amide bonds. The van der Waals surface area contributed by atoms with Crippen LogP contribution in [0.5, 0.6) is 0 Å². The van der Waals surface area contributed by atoms with Gasteiger partial charge < -0.3 is 5.32 Å². The van der Waals surface area contributed by atoms with E-state index in [1.54, 1.807) is 20.9 Å². The summed E-state index contributed by atoms with van der Waals surface area (Å²) in [6, 6.07) is 7.98. The lowest BCUT2D eigenvalue weighted by molar-refractivity contribution is 0.446. The Morgan fingerprint density at radius 2 is 1.45 bits per heavy atom. The minimum Gasteiger partial charge on any atom is -0.312 e. The van der Waals surface area contributed by atoms with Gasteiger partial charge in [0.15, 0.2) is 9.84 Å². The van der Waals surface area contributed by atoms with Crippen LogP contribution in [0.1, 0.15) is 51.8 Å². The summed E-state index contributed by atoms with van der Waals surface area (Å²) in [5, 5.41) is 3.14. The second-order valence-corrected chi connectivity index (χ2v) is 9.57. The Labute approximate surface area is 123 Å². The minimum absolute atomic E-state index is 0.0972. The summed E-state index contributed by atoms with van der Waals surface area (Å²) in [5.74, 6) is 0. The summed E-state index contributed by atoms with van der Waals surface area (Å²) in [6.07, 6.45) is 1.29. The van der Waals surface area contributed by atoms with Crippen molar-refractivity contribution in [3.8, 4) is 0 Å². The summed E-state index contributed by atoms with van der Waals surface area (Å²) in [4.78, 5) is 0. The first-order valence-corrected chi connectivity index (χ1v) is 8.77. The van der Waals surface area contributed by atoms with Gasteiger partial charge in [-0.3, -0.25) is 0 Å². The second-order valence-electron chi connectivity index (χ2n) is 6.97. The Hall–Kier alpha value is -0.870. The average Bonchev–Trinajstić information content (AvgIpc) is 2.27. The van der Waals surface area contributed by atoms with Crippen molar-refractivity contribution < 1.29 is 8.42 Å². The van der Waals surface area contributed by atoms with Crippen LogP contribution in [0, 0.1) is 0 Å². The summed E-state index contributed by atoms with van der Waals surface area (Å²) >= 11 is 0. The number of hydrogen-bond donors (Lipinski definition) is 1. The predicted octanol–water partition coefficient (Wildman–Crippen LogP) is 3.07. The molecule has 0 bridgehead atoms. The van der Waals surface area contributed by atoms with E-state index in [9.17, 15) is 8.42 Å². The van der Waals surface area contributed by atoms with Gasteiger partial charge in [-0.1, -0.05) is 45.0 Å². The molecule has 0 radical (unpaired) electrons. The Morgan fingerprint density at radius 3 is 1.75 bits per heavy atom. The van der Waals surface area contributed by atoms with E-state index < -0.39 is 14.6 Å². The lowest BCUT2D eigenvalue weighted by Crippen LogP contribution is -2.43. The molecular weight excluding hydrogens is 270 g/mol. The number of nitrogens with one attached hydrogen (secondary N) is 1. The van der Waals surface area contributed by atoms with Crippen molar-refractivity contribution in [3.05, 3.63) is 35.4 Å². The van der Waals surface area contributed by atoms with Gasteiger partial charge in [-0.2, -0.15) is 0 Å². The van der Waals surface area contributed by atoms with Gasteiger partial charge in [-0.15, -0.1) is 0 Å². The monoisotopic (exact) mass is 297 g/mol. The zero-order chi connectivity index (χ0) is 15.8. The first-order valence-electron chi connectivity index (χ1n) is 6.88. The van der Waals surface area contributed by atoms with Crippen molar-refractivity contribution in [2.45, 2.75) is 50.8 Å². The van der Waals surface area contributed by atoms with Gasteiger partial charge in [-0.05, 0) is 37.4 Å². The number of rotatable bonds is 4. The molecule has 1 atom stereocenters. The molecule has 0 heterocycles. The number of benzene rings is 1. The van der Waals surface area contributed by atoms with Crippen molar-refractivity contribution >= 4 is 9.84 Å². The number of sulfone groups is 1. The van der Waals surface area contributed by atoms with Crippen LogP contribution in [0.3, 0.4) is 0 Å². The zero-order valence-corrected chi connectivity index (χ0v) is 14.4. The van der Waals surface area contributed by atoms with Gasteiger partial charge in [0.1, 0.15) is 0 Å². The van der Waals surface area contributed by atoms with Gasteiger partial charge in [0, 0.05) is 6.26 Å². The van der Waals surface area contributed by atoms with Crippen LogP contribution < -0.4 is 5.32 Å². The highest BCUT2D eigenvalue weighted by atomic mass is 32.2. The van der Waals surface area contributed by atoms with Gasteiger partial charge in [0.05, 0.1) is 10.8 Å².